The summed E-state index contributed by atoms with van der Waals surface area (Å²) < 4.78 is 0. The van der Waals surface area contributed by atoms with E-state index in [1.165, 1.54) is 0 Å². The van der Waals surface area contributed by atoms with E-state index in [-0.39, 0.29) is 28.8 Å². The number of piperidine rings is 1. The first-order valence-corrected chi connectivity index (χ1v) is 8.50. The van der Waals surface area contributed by atoms with Crippen molar-refractivity contribution in [3.63, 3.8) is 0 Å². The second kappa shape index (κ2) is 5.22. The highest BCUT2D eigenvalue weighted by Gasteiger charge is 2.53. The van der Waals surface area contributed by atoms with Crippen LogP contribution in [0.15, 0.2) is 0 Å². The summed E-state index contributed by atoms with van der Waals surface area (Å²) in [7, 11) is 0. The second-order valence-electron chi connectivity index (χ2n) is 6.27. The normalized spacial score (nSPS) is 40.8. The molecule has 0 aliphatic carbocycles. The molecule has 0 aromatic heterocycles. The lowest BCUT2D eigenvalue weighted by Crippen LogP contribution is -2.57. The van der Waals surface area contributed by atoms with E-state index in [0.717, 1.165) is 31.6 Å². The van der Waals surface area contributed by atoms with Gasteiger partial charge in [-0.2, -0.15) is 0 Å². The SMILES string of the molecule is CC1NCCCC1NC(=O)C1CSC2(C)CCC(=O)N12. The lowest BCUT2D eigenvalue weighted by atomic mass is 9.99. The van der Waals surface area contributed by atoms with Gasteiger partial charge in [-0.15, -0.1) is 11.8 Å². The quantitative estimate of drug-likeness (QED) is 0.787. The smallest absolute Gasteiger partial charge is 0.243 e. The summed E-state index contributed by atoms with van der Waals surface area (Å²) in [5.74, 6) is 0.882. The number of carbonyl (C=O) groups is 2. The number of rotatable bonds is 2. The monoisotopic (exact) mass is 297 g/mol. The lowest BCUT2D eigenvalue weighted by molar-refractivity contribution is -0.138. The van der Waals surface area contributed by atoms with Crippen molar-refractivity contribution in [2.45, 2.75) is 62.5 Å². The van der Waals surface area contributed by atoms with Gasteiger partial charge in [0.2, 0.25) is 11.8 Å². The van der Waals surface area contributed by atoms with Gasteiger partial charge in [0.25, 0.3) is 0 Å². The molecule has 3 heterocycles. The minimum atomic E-state index is -0.283. The Morgan fingerprint density at radius 3 is 3.10 bits per heavy atom. The first kappa shape index (κ1) is 14.2. The lowest BCUT2D eigenvalue weighted by Gasteiger charge is -2.34. The molecule has 2 amide bonds. The molecule has 4 atom stereocenters. The second-order valence-corrected chi connectivity index (χ2v) is 7.77. The van der Waals surface area contributed by atoms with Crippen LogP contribution < -0.4 is 10.6 Å². The first-order chi connectivity index (χ1) is 9.51. The van der Waals surface area contributed by atoms with Crippen LogP contribution in [0.2, 0.25) is 0 Å². The number of hydrogen-bond acceptors (Lipinski definition) is 4. The molecule has 4 unspecified atom stereocenters. The van der Waals surface area contributed by atoms with Crippen molar-refractivity contribution < 1.29 is 9.59 Å². The fourth-order valence-electron chi connectivity index (χ4n) is 3.53. The largest absolute Gasteiger partial charge is 0.350 e. The highest BCUT2D eigenvalue weighted by atomic mass is 32.2. The summed E-state index contributed by atoms with van der Waals surface area (Å²) in [5.41, 5.74) is 0. The molecule has 0 saturated carbocycles. The summed E-state index contributed by atoms with van der Waals surface area (Å²) in [5, 5.41) is 6.54. The zero-order valence-corrected chi connectivity index (χ0v) is 13.0. The molecule has 112 valence electrons. The van der Waals surface area contributed by atoms with Gasteiger partial charge < -0.3 is 15.5 Å². The molecule has 0 bridgehead atoms. The fraction of sp³-hybridized carbons (Fsp3) is 0.857. The van der Waals surface area contributed by atoms with Crippen LogP contribution in [-0.2, 0) is 9.59 Å². The molecule has 0 aromatic rings. The maximum atomic E-state index is 12.5. The van der Waals surface area contributed by atoms with E-state index in [4.69, 9.17) is 0 Å². The number of hydrogen-bond donors (Lipinski definition) is 2. The summed E-state index contributed by atoms with van der Waals surface area (Å²) in [6.45, 7) is 5.22. The van der Waals surface area contributed by atoms with E-state index in [1.807, 2.05) is 4.90 Å². The van der Waals surface area contributed by atoms with Gasteiger partial charge in [0.05, 0.1) is 4.87 Å². The topological polar surface area (TPSA) is 61.4 Å². The minimum absolute atomic E-state index is 0.0250. The van der Waals surface area contributed by atoms with E-state index in [2.05, 4.69) is 24.5 Å². The van der Waals surface area contributed by atoms with Crippen molar-refractivity contribution in [3.05, 3.63) is 0 Å². The molecule has 3 fully saturated rings. The summed E-state index contributed by atoms with van der Waals surface area (Å²) in [4.78, 5) is 26.3. The molecule has 3 aliphatic rings. The summed E-state index contributed by atoms with van der Waals surface area (Å²) in [6.07, 6.45) is 3.55. The zero-order chi connectivity index (χ0) is 14.3. The molecule has 3 aliphatic heterocycles. The van der Waals surface area contributed by atoms with Crippen molar-refractivity contribution in [2.75, 3.05) is 12.3 Å². The molecular formula is C14H23N3O2S. The average molecular weight is 297 g/mol. The Hall–Kier alpha value is -0.750. The maximum absolute atomic E-state index is 12.5. The molecule has 3 saturated heterocycles. The standard InChI is InChI=1S/C14H23N3O2S/c1-9-10(4-3-7-15-9)16-13(19)11-8-20-14(2)6-5-12(18)17(11)14/h9-11,15H,3-8H2,1-2H3,(H,16,19). The average Bonchev–Trinajstić information content (AvgIpc) is 2.90. The van der Waals surface area contributed by atoms with Crippen molar-refractivity contribution in [2.24, 2.45) is 0 Å². The number of thioether (sulfide) groups is 1. The minimum Gasteiger partial charge on any atom is -0.350 e. The Bertz CT molecular complexity index is 431. The summed E-state index contributed by atoms with van der Waals surface area (Å²) >= 11 is 1.75. The van der Waals surface area contributed by atoms with Gasteiger partial charge in [-0.3, -0.25) is 9.59 Å². The van der Waals surface area contributed by atoms with Crippen LogP contribution in [0.5, 0.6) is 0 Å². The van der Waals surface area contributed by atoms with Crippen LogP contribution in [0.25, 0.3) is 0 Å². The number of amides is 2. The Morgan fingerprint density at radius 1 is 1.55 bits per heavy atom. The van der Waals surface area contributed by atoms with Gasteiger partial charge >= 0.3 is 0 Å². The van der Waals surface area contributed by atoms with Crippen molar-refractivity contribution in [1.82, 2.24) is 15.5 Å². The van der Waals surface area contributed by atoms with Crippen molar-refractivity contribution in [3.8, 4) is 0 Å². The number of nitrogens with zero attached hydrogens (tertiary/aromatic N) is 1. The predicted molar refractivity (Wildman–Crippen MR) is 79.4 cm³/mol. The first-order valence-electron chi connectivity index (χ1n) is 7.51. The Morgan fingerprint density at radius 2 is 2.35 bits per heavy atom. The number of fused-ring (bicyclic) bond motifs is 1. The highest BCUT2D eigenvalue weighted by molar-refractivity contribution is 8.01. The Labute approximate surface area is 124 Å². The molecule has 2 N–H and O–H groups in total. The van der Waals surface area contributed by atoms with E-state index in [0.29, 0.717) is 12.5 Å². The van der Waals surface area contributed by atoms with Gasteiger partial charge in [0, 0.05) is 24.3 Å². The fourth-order valence-corrected chi connectivity index (χ4v) is 4.97. The van der Waals surface area contributed by atoms with Crippen molar-refractivity contribution >= 4 is 23.6 Å². The van der Waals surface area contributed by atoms with Gasteiger partial charge in [0.1, 0.15) is 6.04 Å². The molecule has 20 heavy (non-hydrogen) atoms. The van der Waals surface area contributed by atoms with Gasteiger partial charge in [-0.05, 0) is 39.7 Å². The number of carbonyl (C=O) groups excluding carboxylic acids is 2. The summed E-state index contributed by atoms with van der Waals surface area (Å²) in [6, 6.07) is 0.211. The van der Waals surface area contributed by atoms with Crippen LogP contribution in [-0.4, -0.2) is 52.0 Å². The molecule has 5 nitrogen and oxygen atoms in total. The van der Waals surface area contributed by atoms with E-state index in [1.54, 1.807) is 11.8 Å². The molecule has 3 rings (SSSR count). The third-order valence-electron chi connectivity index (χ3n) is 4.84. The molecular weight excluding hydrogens is 274 g/mol. The predicted octanol–water partition coefficient (Wildman–Crippen LogP) is 0.697. The van der Waals surface area contributed by atoms with E-state index in [9.17, 15) is 9.59 Å². The third kappa shape index (κ3) is 2.33. The van der Waals surface area contributed by atoms with Crippen molar-refractivity contribution in [1.29, 1.82) is 0 Å². The van der Waals surface area contributed by atoms with Crippen LogP contribution in [0.1, 0.15) is 39.5 Å². The molecule has 6 heteroatoms. The molecule has 0 spiro atoms. The molecule has 0 aromatic carbocycles. The third-order valence-corrected chi connectivity index (χ3v) is 6.34. The van der Waals surface area contributed by atoms with E-state index < -0.39 is 0 Å². The number of nitrogens with one attached hydrogen (secondary N) is 2. The van der Waals surface area contributed by atoms with Crippen LogP contribution >= 0.6 is 11.8 Å². The highest BCUT2D eigenvalue weighted by Crippen LogP contribution is 2.47. The van der Waals surface area contributed by atoms with Gasteiger partial charge in [-0.1, -0.05) is 0 Å². The van der Waals surface area contributed by atoms with Crippen LogP contribution in [0.3, 0.4) is 0 Å². The van der Waals surface area contributed by atoms with Gasteiger partial charge in [0.15, 0.2) is 0 Å². The van der Waals surface area contributed by atoms with Crippen LogP contribution in [0.4, 0.5) is 0 Å². The molecule has 0 radical (unpaired) electrons. The van der Waals surface area contributed by atoms with Crippen LogP contribution in [0, 0.1) is 0 Å². The van der Waals surface area contributed by atoms with Gasteiger partial charge in [-0.25, -0.2) is 0 Å². The van der Waals surface area contributed by atoms with E-state index >= 15 is 0 Å². The maximum Gasteiger partial charge on any atom is 0.243 e. The Kier molecular flexibility index (Phi) is 3.71. The zero-order valence-electron chi connectivity index (χ0n) is 12.1. The Balaban J connectivity index is 1.67.